The SMILES string of the molecule is CC(C(N)=S)S(=O)(=O)N(C)Cc1ccccn1. The van der Waals surface area contributed by atoms with Gasteiger partial charge in [0.1, 0.15) is 5.25 Å². The fraction of sp³-hybridized carbons (Fsp3) is 0.400. The van der Waals surface area contributed by atoms with Crippen molar-refractivity contribution in [3.8, 4) is 0 Å². The molecule has 7 heteroatoms. The first kappa shape index (κ1) is 14.0. The first-order valence-corrected chi connectivity index (χ1v) is 6.91. The van der Waals surface area contributed by atoms with E-state index in [1.807, 2.05) is 0 Å². The van der Waals surface area contributed by atoms with Crippen molar-refractivity contribution in [1.29, 1.82) is 0 Å². The first-order chi connectivity index (χ1) is 7.85. The Labute approximate surface area is 107 Å². The van der Waals surface area contributed by atoms with Crippen molar-refractivity contribution in [1.82, 2.24) is 9.29 Å². The van der Waals surface area contributed by atoms with E-state index in [4.69, 9.17) is 18.0 Å². The fourth-order valence-corrected chi connectivity index (χ4v) is 2.74. The van der Waals surface area contributed by atoms with Crippen molar-refractivity contribution in [2.45, 2.75) is 18.7 Å². The van der Waals surface area contributed by atoms with Crippen LogP contribution >= 0.6 is 12.2 Å². The molecule has 0 bridgehead atoms. The molecule has 0 saturated carbocycles. The zero-order valence-electron chi connectivity index (χ0n) is 9.70. The molecule has 0 aliphatic heterocycles. The molecule has 1 rings (SSSR count). The highest BCUT2D eigenvalue weighted by Crippen LogP contribution is 2.10. The maximum atomic E-state index is 12.0. The van der Waals surface area contributed by atoms with Gasteiger partial charge in [0.05, 0.1) is 17.2 Å². The Morgan fingerprint density at radius 3 is 2.71 bits per heavy atom. The number of hydrogen-bond donors (Lipinski definition) is 1. The Hall–Kier alpha value is -1.05. The lowest BCUT2D eigenvalue weighted by molar-refractivity contribution is 0.460. The van der Waals surface area contributed by atoms with Crippen LogP contribution in [0.5, 0.6) is 0 Å². The van der Waals surface area contributed by atoms with Crippen LogP contribution in [0.2, 0.25) is 0 Å². The molecule has 0 aromatic carbocycles. The van der Waals surface area contributed by atoms with Gasteiger partial charge in [0.25, 0.3) is 0 Å². The number of hydrogen-bond acceptors (Lipinski definition) is 4. The van der Waals surface area contributed by atoms with Gasteiger partial charge in [0.15, 0.2) is 0 Å². The Morgan fingerprint density at radius 1 is 1.59 bits per heavy atom. The number of aromatic nitrogens is 1. The molecular formula is C10H15N3O2S2. The van der Waals surface area contributed by atoms with E-state index >= 15 is 0 Å². The molecule has 1 atom stereocenters. The molecule has 5 nitrogen and oxygen atoms in total. The van der Waals surface area contributed by atoms with Crippen molar-refractivity contribution in [3.05, 3.63) is 30.1 Å². The van der Waals surface area contributed by atoms with Crippen LogP contribution in [0.25, 0.3) is 0 Å². The van der Waals surface area contributed by atoms with E-state index in [-0.39, 0.29) is 11.5 Å². The largest absolute Gasteiger partial charge is 0.392 e. The van der Waals surface area contributed by atoms with Crippen LogP contribution in [0.4, 0.5) is 0 Å². The summed E-state index contributed by atoms with van der Waals surface area (Å²) < 4.78 is 25.2. The summed E-state index contributed by atoms with van der Waals surface area (Å²) in [5.41, 5.74) is 6.04. The van der Waals surface area contributed by atoms with E-state index in [1.54, 1.807) is 24.4 Å². The quantitative estimate of drug-likeness (QED) is 0.791. The second-order valence-corrected chi connectivity index (χ2v) is 6.50. The summed E-state index contributed by atoms with van der Waals surface area (Å²) in [5, 5.41) is -0.869. The lowest BCUT2D eigenvalue weighted by atomic mass is 10.3. The van der Waals surface area contributed by atoms with Gasteiger partial charge < -0.3 is 5.73 Å². The molecule has 1 heterocycles. The predicted molar refractivity (Wildman–Crippen MR) is 70.9 cm³/mol. The van der Waals surface area contributed by atoms with Crippen LogP contribution < -0.4 is 5.73 Å². The van der Waals surface area contributed by atoms with Gasteiger partial charge in [0.2, 0.25) is 10.0 Å². The second kappa shape index (κ2) is 5.52. The lowest BCUT2D eigenvalue weighted by Gasteiger charge is -2.20. The maximum absolute atomic E-state index is 12.0. The summed E-state index contributed by atoms with van der Waals surface area (Å²) in [4.78, 5) is 4.04. The number of nitrogens with zero attached hydrogens (tertiary/aromatic N) is 2. The van der Waals surface area contributed by atoms with Gasteiger partial charge in [0, 0.05) is 13.2 Å². The van der Waals surface area contributed by atoms with Crippen LogP contribution in [-0.2, 0) is 16.6 Å². The molecule has 0 aliphatic rings. The monoisotopic (exact) mass is 273 g/mol. The van der Waals surface area contributed by atoms with Gasteiger partial charge in [-0.05, 0) is 19.1 Å². The zero-order chi connectivity index (χ0) is 13.1. The zero-order valence-corrected chi connectivity index (χ0v) is 11.3. The third-order valence-corrected chi connectivity index (χ3v) is 5.04. The maximum Gasteiger partial charge on any atom is 0.223 e. The van der Waals surface area contributed by atoms with Crippen LogP contribution in [0.1, 0.15) is 12.6 Å². The summed E-state index contributed by atoms with van der Waals surface area (Å²) in [6.07, 6.45) is 1.62. The van der Waals surface area contributed by atoms with E-state index < -0.39 is 15.3 Å². The van der Waals surface area contributed by atoms with Gasteiger partial charge in [-0.3, -0.25) is 4.98 Å². The van der Waals surface area contributed by atoms with Crippen molar-refractivity contribution >= 4 is 27.2 Å². The van der Waals surface area contributed by atoms with Gasteiger partial charge in [-0.25, -0.2) is 8.42 Å². The normalized spacial score (nSPS) is 13.6. The van der Waals surface area contributed by atoms with E-state index in [9.17, 15) is 8.42 Å². The molecule has 1 aromatic heterocycles. The Kier molecular flexibility index (Phi) is 4.55. The third-order valence-electron chi connectivity index (χ3n) is 2.39. The number of nitrogens with two attached hydrogens (primary N) is 1. The molecule has 0 radical (unpaired) electrons. The van der Waals surface area contributed by atoms with E-state index in [0.29, 0.717) is 5.69 Å². The standard InChI is InChI=1S/C10H15N3O2S2/c1-8(10(11)16)17(14,15)13(2)7-9-5-3-4-6-12-9/h3-6,8H,7H2,1-2H3,(H2,11,16). The lowest BCUT2D eigenvalue weighted by Crippen LogP contribution is -2.40. The summed E-state index contributed by atoms with van der Waals surface area (Å²) in [6.45, 7) is 1.68. The minimum Gasteiger partial charge on any atom is -0.392 e. The van der Waals surface area contributed by atoms with Crippen molar-refractivity contribution < 1.29 is 8.42 Å². The van der Waals surface area contributed by atoms with Crippen LogP contribution in [0.15, 0.2) is 24.4 Å². The van der Waals surface area contributed by atoms with Gasteiger partial charge >= 0.3 is 0 Å². The average molecular weight is 273 g/mol. The Balaban J connectivity index is 2.84. The molecule has 1 aromatic rings. The number of rotatable bonds is 5. The smallest absolute Gasteiger partial charge is 0.223 e. The highest BCUT2D eigenvalue weighted by atomic mass is 32.2. The molecule has 17 heavy (non-hydrogen) atoms. The first-order valence-electron chi connectivity index (χ1n) is 5.00. The number of thiocarbonyl (C=S) groups is 1. The highest BCUT2D eigenvalue weighted by Gasteiger charge is 2.28. The topological polar surface area (TPSA) is 76.3 Å². The van der Waals surface area contributed by atoms with E-state index in [1.165, 1.54) is 18.3 Å². The minimum absolute atomic E-state index is 0.0297. The second-order valence-electron chi connectivity index (χ2n) is 3.67. The van der Waals surface area contributed by atoms with E-state index in [0.717, 1.165) is 0 Å². The Bertz CT molecular complexity index is 488. The molecule has 0 aliphatic carbocycles. The van der Waals surface area contributed by atoms with Crippen LogP contribution in [0.3, 0.4) is 0 Å². The predicted octanol–water partition coefficient (Wildman–Crippen LogP) is 0.518. The number of sulfonamides is 1. The molecule has 0 saturated heterocycles. The van der Waals surface area contributed by atoms with Crippen molar-refractivity contribution in [3.63, 3.8) is 0 Å². The minimum atomic E-state index is -3.51. The van der Waals surface area contributed by atoms with Gasteiger partial charge in [-0.1, -0.05) is 18.3 Å². The van der Waals surface area contributed by atoms with E-state index in [2.05, 4.69) is 4.98 Å². The van der Waals surface area contributed by atoms with Crippen molar-refractivity contribution in [2.24, 2.45) is 5.73 Å². The molecular weight excluding hydrogens is 258 g/mol. The third kappa shape index (κ3) is 3.45. The molecule has 0 amide bonds. The molecule has 0 spiro atoms. The average Bonchev–Trinajstić information content (AvgIpc) is 2.29. The molecule has 1 unspecified atom stereocenters. The van der Waals surface area contributed by atoms with Crippen LogP contribution in [-0.4, -0.2) is 35.0 Å². The molecule has 0 fully saturated rings. The fourth-order valence-electron chi connectivity index (χ4n) is 1.23. The molecule has 2 N–H and O–H groups in total. The van der Waals surface area contributed by atoms with Crippen LogP contribution in [0, 0.1) is 0 Å². The molecule has 94 valence electrons. The summed E-state index contributed by atoms with van der Waals surface area (Å²) >= 11 is 4.71. The Morgan fingerprint density at radius 2 is 2.24 bits per heavy atom. The summed E-state index contributed by atoms with van der Waals surface area (Å²) in [7, 11) is -2.02. The van der Waals surface area contributed by atoms with Gasteiger partial charge in [-0.2, -0.15) is 4.31 Å². The van der Waals surface area contributed by atoms with Gasteiger partial charge in [-0.15, -0.1) is 0 Å². The number of pyridine rings is 1. The highest BCUT2D eigenvalue weighted by molar-refractivity contribution is 7.92. The van der Waals surface area contributed by atoms with Crippen molar-refractivity contribution in [2.75, 3.05) is 7.05 Å². The summed E-state index contributed by atoms with van der Waals surface area (Å²) in [6, 6.07) is 5.34. The summed E-state index contributed by atoms with van der Waals surface area (Å²) in [5.74, 6) is 0.